The van der Waals surface area contributed by atoms with Gasteiger partial charge in [-0.05, 0) is 31.6 Å². The number of hydrogen-bond donors (Lipinski definition) is 1. The van der Waals surface area contributed by atoms with Crippen molar-refractivity contribution in [2.75, 3.05) is 21.3 Å². The van der Waals surface area contributed by atoms with Gasteiger partial charge < -0.3 is 19.2 Å². The minimum atomic E-state index is 0.239. The average molecular weight is 340 g/mol. The molecule has 0 bridgehead atoms. The van der Waals surface area contributed by atoms with Crippen molar-refractivity contribution in [3.05, 3.63) is 52.3 Å². The van der Waals surface area contributed by atoms with Crippen LogP contribution in [0, 0.1) is 13.8 Å². The van der Waals surface area contributed by atoms with Crippen LogP contribution in [0.1, 0.15) is 22.5 Å². The molecule has 0 saturated carbocycles. The molecule has 0 radical (unpaired) electrons. The fraction of sp³-hybridized carbons (Fsp3) is 0.278. The first-order valence-electron chi connectivity index (χ1n) is 7.73. The molecule has 3 rings (SSSR count). The molecular weight excluding hydrogens is 320 g/mol. The van der Waals surface area contributed by atoms with Crippen molar-refractivity contribution >= 4 is 11.8 Å². The lowest BCUT2D eigenvalue weighted by molar-refractivity contribution is 0.303. The zero-order valence-electron chi connectivity index (χ0n) is 14.9. The number of H-pyrrole nitrogens is 1. The number of rotatable bonds is 5. The van der Waals surface area contributed by atoms with Gasteiger partial charge in [0.2, 0.25) is 5.88 Å². The molecule has 25 heavy (non-hydrogen) atoms. The molecule has 1 aliphatic rings. The summed E-state index contributed by atoms with van der Waals surface area (Å²) in [5.41, 5.74) is 5.30. The van der Waals surface area contributed by atoms with Crippen molar-refractivity contribution in [1.29, 1.82) is 0 Å². The molecule has 3 heterocycles. The Balaban J connectivity index is 2.04. The summed E-state index contributed by atoms with van der Waals surface area (Å²) in [6.07, 6.45) is 5.42. The molecule has 7 nitrogen and oxygen atoms in total. The standard InChI is InChI=1S/C18H20N4O3/c1-10-6-11(2)20-13(10)7-15-16(23-3)8-14(21-15)12-9-19-18(25-5)22-17(12)24-4/h6-9,20H,1-5H3/b15-7-. The van der Waals surface area contributed by atoms with E-state index in [4.69, 9.17) is 14.2 Å². The maximum atomic E-state index is 5.47. The third kappa shape index (κ3) is 3.26. The molecule has 0 aromatic carbocycles. The number of aromatic amines is 1. The molecule has 0 fully saturated rings. The quantitative estimate of drug-likeness (QED) is 0.905. The van der Waals surface area contributed by atoms with E-state index >= 15 is 0 Å². The smallest absolute Gasteiger partial charge is 0.319 e. The number of allylic oxidation sites excluding steroid dienone is 1. The van der Waals surface area contributed by atoms with Crippen LogP contribution in [0.25, 0.3) is 6.08 Å². The summed E-state index contributed by atoms with van der Waals surface area (Å²) < 4.78 is 15.8. The number of nitrogens with one attached hydrogen (secondary N) is 1. The number of nitrogens with zero attached hydrogens (tertiary/aromatic N) is 3. The van der Waals surface area contributed by atoms with Gasteiger partial charge in [-0.15, -0.1) is 0 Å². The van der Waals surface area contributed by atoms with E-state index in [1.54, 1.807) is 20.4 Å². The minimum Gasteiger partial charge on any atom is -0.494 e. The van der Waals surface area contributed by atoms with Gasteiger partial charge >= 0.3 is 6.01 Å². The molecule has 0 spiro atoms. The molecule has 0 atom stereocenters. The van der Waals surface area contributed by atoms with Gasteiger partial charge in [0.1, 0.15) is 11.5 Å². The fourth-order valence-corrected chi connectivity index (χ4v) is 2.64. The Kier molecular flexibility index (Phi) is 4.56. The summed E-state index contributed by atoms with van der Waals surface area (Å²) in [7, 11) is 4.67. The Morgan fingerprint density at radius 2 is 1.88 bits per heavy atom. The Morgan fingerprint density at radius 1 is 1.08 bits per heavy atom. The normalized spacial score (nSPS) is 15.2. The zero-order valence-corrected chi connectivity index (χ0v) is 14.9. The predicted molar refractivity (Wildman–Crippen MR) is 95.0 cm³/mol. The van der Waals surface area contributed by atoms with Crippen LogP contribution in [-0.4, -0.2) is 42.0 Å². The third-order valence-corrected chi connectivity index (χ3v) is 3.84. The van der Waals surface area contributed by atoms with Crippen molar-refractivity contribution in [1.82, 2.24) is 15.0 Å². The molecule has 0 saturated heterocycles. The van der Waals surface area contributed by atoms with E-state index in [2.05, 4.69) is 26.0 Å². The van der Waals surface area contributed by atoms with Gasteiger partial charge in [0.25, 0.3) is 0 Å². The number of ether oxygens (including phenoxy) is 3. The minimum absolute atomic E-state index is 0.239. The summed E-state index contributed by atoms with van der Waals surface area (Å²) in [4.78, 5) is 16.3. The largest absolute Gasteiger partial charge is 0.494 e. The number of hydrogen-bond acceptors (Lipinski definition) is 6. The summed E-state index contributed by atoms with van der Waals surface area (Å²) in [5.74, 6) is 1.06. The van der Waals surface area contributed by atoms with Crippen molar-refractivity contribution in [3.63, 3.8) is 0 Å². The highest BCUT2D eigenvalue weighted by molar-refractivity contribution is 6.13. The van der Waals surface area contributed by atoms with E-state index in [0.717, 1.165) is 22.6 Å². The van der Waals surface area contributed by atoms with Crippen LogP contribution in [-0.2, 0) is 4.74 Å². The van der Waals surface area contributed by atoms with Gasteiger partial charge in [-0.25, -0.2) is 9.98 Å². The molecule has 7 heteroatoms. The van der Waals surface area contributed by atoms with E-state index in [9.17, 15) is 0 Å². The molecule has 0 amide bonds. The van der Waals surface area contributed by atoms with Crippen LogP contribution in [0.5, 0.6) is 11.9 Å². The predicted octanol–water partition coefficient (Wildman–Crippen LogP) is 2.81. The van der Waals surface area contributed by atoms with E-state index in [1.165, 1.54) is 7.11 Å². The van der Waals surface area contributed by atoms with Crippen LogP contribution < -0.4 is 9.47 Å². The lowest BCUT2D eigenvalue weighted by Crippen LogP contribution is -2.04. The van der Waals surface area contributed by atoms with Gasteiger partial charge in [0.05, 0.1) is 32.6 Å². The first-order valence-corrected chi connectivity index (χ1v) is 7.73. The molecule has 1 aliphatic heterocycles. The number of aliphatic imine (C=N–C) groups is 1. The molecule has 2 aromatic heterocycles. The van der Waals surface area contributed by atoms with Gasteiger partial charge in [-0.2, -0.15) is 4.98 Å². The second-order valence-electron chi connectivity index (χ2n) is 5.57. The van der Waals surface area contributed by atoms with Crippen molar-refractivity contribution < 1.29 is 14.2 Å². The fourth-order valence-electron chi connectivity index (χ4n) is 2.64. The number of methoxy groups -OCH3 is 3. The molecule has 0 aliphatic carbocycles. The SMILES string of the molecule is COC1=CC(c2cnc(OC)nc2OC)=N/C1=C\c1[nH]c(C)cc1C. The first-order chi connectivity index (χ1) is 12.0. The number of aryl methyl sites for hydroxylation is 2. The Bertz CT molecular complexity index is 894. The number of aromatic nitrogens is 3. The van der Waals surface area contributed by atoms with E-state index < -0.39 is 0 Å². The Hall–Kier alpha value is -3.09. The highest BCUT2D eigenvalue weighted by Gasteiger charge is 2.21. The molecule has 2 aromatic rings. The Labute approximate surface area is 146 Å². The monoisotopic (exact) mass is 340 g/mol. The van der Waals surface area contributed by atoms with Crippen LogP contribution in [0.2, 0.25) is 0 Å². The summed E-state index contributed by atoms with van der Waals surface area (Å²) in [6.45, 7) is 4.07. The molecular formula is C18H20N4O3. The maximum absolute atomic E-state index is 5.47. The lowest BCUT2D eigenvalue weighted by atomic mass is 10.2. The average Bonchev–Trinajstić information content (AvgIpc) is 3.16. The van der Waals surface area contributed by atoms with Gasteiger partial charge in [0.15, 0.2) is 0 Å². The highest BCUT2D eigenvalue weighted by Crippen LogP contribution is 2.28. The van der Waals surface area contributed by atoms with Crippen molar-refractivity contribution in [3.8, 4) is 11.9 Å². The van der Waals surface area contributed by atoms with Crippen molar-refractivity contribution in [2.24, 2.45) is 4.99 Å². The zero-order chi connectivity index (χ0) is 18.0. The van der Waals surface area contributed by atoms with Crippen LogP contribution in [0.4, 0.5) is 0 Å². The van der Waals surface area contributed by atoms with Crippen molar-refractivity contribution in [2.45, 2.75) is 13.8 Å². The highest BCUT2D eigenvalue weighted by atomic mass is 16.5. The van der Waals surface area contributed by atoms with Crippen LogP contribution in [0.3, 0.4) is 0 Å². The topological polar surface area (TPSA) is 81.6 Å². The summed E-state index contributed by atoms with van der Waals surface area (Å²) in [5, 5.41) is 0. The first kappa shape index (κ1) is 16.8. The second kappa shape index (κ2) is 6.80. The van der Waals surface area contributed by atoms with Gasteiger partial charge in [-0.1, -0.05) is 0 Å². The third-order valence-electron chi connectivity index (χ3n) is 3.84. The lowest BCUT2D eigenvalue weighted by Gasteiger charge is -2.06. The van der Waals surface area contributed by atoms with Gasteiger partial charge in [0, 0.05) is 23.7 Å². The molecule has 0 unspecified atom stereocenters. The van der Waals surface area contributed by atoms with Gasteiger partial charge in [-0.3, -0.25) is 0 Å². The summed E-state index contributed by atoms with van der Waals surface area (Å²) >= 11 is 0. The molecule has 1 N–H and O–H groups in total. The maximum Gasteiger partial charge on any atom is 0.319 e. The van der Waals surface area contributed by atoms with E-state index in [1.807, 2.05) is 26.0 Å². The Morgan fingerprint density at radius 3 is 2.48 bits per heavy atom. The second-order valence-corrected chi connectivity index (χ2v) is 5.57. The summed E-state index contributed by atoms with van der Waals surface area (Å²) in [6, 6.07) is 2.33. The van der Waals surface area contributed by atoms with Crippen LogP contribution >= 0.6 is 0 Å². The van der Waals surface area contributed by atoms with E-state index in [0.29, 0.717) is 22.9 Å². The van der Waals surface area contributed by atoms with Crippen LogP contribution in [0.15, 0.2) is 34.8 Å². The van der Waals surface area contributed by atoms with E-state index in [-0.39, 0.29) is 6.01 Å². The molecule has 130 valence electrons.